The smallest absolute Gasteiger partial charge is 0.264 e. The molecule has 1 aliphatic rings. The Hall–Kier alpha value is -1.42. The van der Waals surface area contributed by atoms with Crippen molar-refractivity contribution in [2.24, 2.45) is 0 Å². The zero-order valence-corrected chi connectivity index (χ0v) is 9.60. The van der Waals surface area contributed by atoms with Gasteiger partial charge < -0.3 is 4.90 Å². The molecule has 0 saturated carbocycles. The number of likely N-dealkylation sites (tertiary alicyclic amines) is 1. The molecule has 1 saturated heterocycles. The van der Waals surface area contributed by atoms with Crippen molar-refractivity contribution in [1.82, 2.24) is 4.90 Å². The van der Waals surface area contributed by atoms with Gasteiger partial charge in [-0.25, -0.2) is 4.39 Å². The van der Waals surface area contributed by atoms with Gasteiger partial charge in [-0.3, -0.25) is 4.79 Å². The number of alkyl halides is 1. The van der Waals surface area contributed by atoms with Gasteiger partial charge in [0.1, 0.15) is 6.17 Å². The molecule has 1 fully saturated rings. The summed E-state index contributed by atoms with van der Waals surface area (Å²) in [5, 5.41) is 0. The quantitative estimate of drug-likeness (QED) is 0.740. The molecule has 0 spiro atoms. The van der Waals surface area contributed by atoms with E-state index in [0.29, 0.717) is 4.88 Å². The number of thiophene rings is 1. The molecular formula is C12H12FNOS. The molecule has 0 aliphatic carbocycles. The Bertz CT molecular complexity index is 446. The number of allylic oxidation sites excluding steroid dienone is 2. The van der Waals surface area contributed by atoms with Crippen LogP contribution in [0, 0.1) is 0 Å². The molecule has 0 unspecified atom stereocenters. The maximum Gasteiger partial charge on any atom is 0.264 e. The third-order valence-electron chi connectivity index (χ3n) is 2.50. The summed E-state index contributed by atoms with van der Waals surface area (Å²) < 4.78 is 12.6. The summed E-state index contributed by atoms with van der Waals surface area (Å²) in [6.07, 6.45) is 0.799. The van der Waals surface area contributed by atoms with Gasteiger partial charge in [-0.15, -0.1) is 11.3 Å². The average Bonchev–Trinajstić information content (AvgIpc) is 2.72. The minimum Gasteiger partial charge on any atom is -0.332 e. The molecule has 1 aromatic rings. The minimum absolute atomic E-state index is 0.0954. The number of hydrogen-bond donors (Lipinski definition) is 0. The van der Waals surface area contributed by atoms with E-state index in [-0.39, 0.29) is 19.0 Å². The predicted octanol–water partition coefficient (Wildman–Crippen LogP) is 2.74. The molecule has 16 heavy (non-hydrogen) atoms. The number of rotatable bonds is 3. The number of hydrogen-bond acceptors (Lipinski definition) is 2. The van der Waals surface area contributed by atoms with Gasteiger partial charge in [0.15, 0.2) is 0 Å². The summed E-state index contributed by atoms with van der Waals surface area (Å²) in [5.74, 6) is -0.0954. The molecule has 2 rings (SSSR count). The lowest BCUT2D eigenvalue weighted by atomic mass is 10.2. The molecular weight excluding hydrogens is 225 g/mol. The molecule has 2 heterocycles. The van der Waals surface area contributed by atoms with E-state index in [1.807, 2.05) is 6.07 Å². The van der Waals surface area contributed by atoms with Crippen LogP contribution in [0.4, 0.5) is 4.39 Å². The second-order valence-corrected chi connectivity index (χ2v) is 4.78. The van der Waals surface area contributed by atoms with Crippen molar-refractivity contribution in [2.75, 3.05) is 13.1 Å². The molecule has 1 aliphatic heterocycles. The Balaban J connectivity index is 2.10. The van der Waals surface area contributed by atoms with Crippen LogP contribution in [0.25, 0.3) is 5.57 Å². The van der Waals surface area contributed by atoms with Gasteiger partial charge in [-0.2, -0.15) is 0 Å². The highest BCUT2D eigenvalue weighted by molar-refractivity contribution is 7.15. The van der Waals surface area contributed by atoms with Crippen LogP contribution in [-0.2, 0) is 0 Å². The van der Waals surface area contributed by atoms with Crippen molar-refractivity contribution in [1.29, 1.82) is 0 Å². The summed E-state index contributed by atoms with van der Waals surface area (Å²) in [6, 6.07) is 3.59. The van der Waals surface area contributed by atoms with Crippen LogP contribution in [0.5, 0.6) is 0 Å². The highest BCUT2D eigenvalue weighted by atomic mass is 32.1. The van der Waals surface area contributed by atoms with E-state index in [2.05, 4.69) is 13.2 Å². The van der Waals surface area contributed by atoms with Crippen LogP contribution in [0.1, 0.15) is 14.5 Å². The second kappa shape index (κ2) is 4.22. The Morgan fingerprint density at radius 1 is 1.50 bits per heavy atom. The van der Waals surface area contributed by atoms with Crippen LogP contribution < -0.4 is 0 Å². The van der Waals surface area contributed by atoms with Crippen molar-refractivity contribution in [2.45, 2.75) is 6.17 Å². The molecule has 0 bridgehead atoms. The lowest BCUT2D eigenvalue weighted by Gasteiger charge is -2.33. The third-order valence-corrected chi connectivity index (χ3v) is 3.65. The predicted molar refractivity (Wildman–Crippen MR) is 64.3 cm³/mol. The Morgan fingerprint density at radius 3 is 2.69 bits per heavy atom. The van der Waals surface area contributed by atoms with E-state index in [1.54, 1.807) is 12.1 Å². The third kappa shape index (κ3) is 1.93. The van der Waals surface area contributed by atoms with Crippen LogP contribution in [0.2, 0.25) is 0 Å². The van der Waals surface area contributed by atoms with E-state index >= 15 is 0 Å². The summed E-state index contributed by atoms with van der Waals surface area (Å²) in [6.45, 7) is 7.87. The summed E-state index contributed by atoms with van der Waals surface area (Å²) in [5.41, 5.74) is 0.802. The zero-order chi connectivity index (χ0) is 11.7. The van der Waals surface area contributed by atoms with Gasteiger partial charge in [0.2, 0.25) is 0 Å². The maximum atomic E-state index is 12.6. The molecule has 1 aromatic heterocycles. The molecule has 2 nitrogen and oxygen atoms in total. The van der Waals surface area contributed by atoms with Gasteiger partial charge >= 0.3 is 0 Å². The molecule has 0 aromatic carbocycles. The van der Waals surface area contributed by atoms with Gasteiger partial charge in [-0.05, 0) is 17.7 Å². The highest BCUT2D eigenvalue weighted by Gasteiger charge is 2.31. The fourth-order valence-electron chi connectivity index (χ4n) is 1.47. The van der Waals surface area contributed by atoms with E-state index in [0.717, 1.165) is 10.5 Å². The highest BCUT2D eigenvalue weighted by Crippen LogP contribution is 2.26. The van der Waals surface area contributed by atoms with Gasteiger partial charge in [0.05, 0.1) is 18.0 Å². The Labute approximate surface area is 97.7 Å². The molecule has 0 radical (unpaired) electrons. The lowest BCUT2D eigenvalue weighted by Crippen LogP contribution is -2.51. The summed E-state index contributed by atoms with van der Waals surface area (Å²) >= 11 is 1.37. The first kappa shape index (κ1) is 11.1. The number of carbonyl (C=O) groups is 1. The molecule has 4 heteroatoms. The van der Waals surface area contributed by atoms with Crippen molar-refractivity contribution < 1.29 is 9.18 Å². The fraction of sp³-hybridized carbons (Fsp3) is 0.250. The van der Waals surface area contributed by atoms with E-state index < -0.39 is 6.17 Å². The van der Waals surface area contributed by atoms with Gasteiger partial charge in [0, 0.05) is 4.88 Å². The first-order valence-electron chi connectivity index (χ1n) is 4.96. The van der Waals surface area contributed by atoms with E-state index in [4.69, 9.17) is 0 Å². The van der Waals surface area contributed by atoms with Crippen molar-refractivity contribution in [3.8, 4) is 0 Å². The number of carbonyl (C=O) groups excluding carboxylic acids is 1. The zero-order valence-electron chi connectivity index (χ0n) is 8.78. The minimum atomic E-state index is -0.855. The van der Waals surface area contributed by atoms with E-state index in [1.165, 1.54) is 16.2 Å². The summed E-state index contributed by atoms with van der Waals surface area (Å²) in [7, 11) is 0. The molecule has 84 valence electrons. The number of amides is 1. The summed E-state index contributed by atoms with van der Waals surface area (Å²) in [4.78, 5) is 14.9. The van der Waals surface area contributed by atoms with Crippen LogP contribution in [0.15, 0.2) is 31.4 Å². The lowest BCUT2D eigenvalue weighted by molar-refractivity contribution is 0.0405. The first-order chi connectivity index (χ1) is 7.61. The van der Waals surface area contributed by atoms with Crippen LogP contribution in [0.3, 0.4) is 0 Å². The SMILES string of the molecule is C=CC(=C)c1ccc(C(=O)N2CC(F)C2)s1. The molecule has 0 N–H and O–H groups in total. The number of halogens is 1. The largest absolute Gasteiger partial charge is 0.332 e. The van der Waals surface area contributed by atoms with E-state index in [9.17, 15) is 9.18 Å². The first-order valence-corrected chi connectivity index (χ1v) is 5.78. The standard InChI is InChI=1S/C12H12FNOS/c1-3-8(2)10-4-5-11(16-10)12(15)14-6-9(13)7-14/h3-5,9H,1-2,6-7H2. The van der Waals surface area contributed by atoms with Crippen LogP contribution >= 0.6 is 11.3 Å². The maximum absolute atomic E-state index is 12.6. The Kier molecular flexibility index (Phi) is 2.92. The number of nitrogens with zero attached hydrogens (tertiary/aromatic N) is 1. The van der Waals surface area contributed by atoms with Crippen molar-refractivity contribution in [3.63, 3.8) is 0 Å². The second-order valence-electron chi connectivity index (χ2n) is 3.70. The fourth-order valence-corrected chi connectivity index (χ4v) is 2.41. The Morgan fingerprint density at radius 2 is 2.12 bits per heavy atom. The normalized spacial score (nSPS) is 15.7. The molecule has 1 amide bonds. The monoisotopic (exact) mass is 237 g/mol. The van der Waals surface area contributed by atoms with Crippen LogP contribution in [-0.4, -0.2) is 30.1 Å². The topological polar surface area (TPSA) is 20.3 Å². The van der Waals surface area contributed by atoms with Crippen molar-refractivity contribution in [3.05, 3.63) is 41.1 Å². The molecule has 0 atom stereocenters. The van der Waals surface area contributed by atoms with Gasteiger partial charge in [0.25, 0.3) is 5.91 Å². The van der Waals surface area contributed by atoms with Crippen molar-refractivity contribution >= 4 is 22.8 Å². The van der Waals surface area contributed by atoms with Gasteiger partial charge in [-0.1, -0.05) is 19.2 Å². The average molecular weight is 237 g/mol.